The molecule has 0 spiro atoms. The highest BCUT2D eigenvalue weighted by Gasteiger charge is 2.30. The maximum absolute atomic E-state index is 5.47. The highest BCUT2D eigenvalue weighted by Crippen LogP contribution is 2.29. The number of rotatable bonds is 5. The fraction of sp³-hybridized carbons (Fsp3) is 0.867. The second kappa shape index (κ2) is 7.33. The van der Waals surface area contributed by atoms with Crippen molar-refractivity contribution in [1.29, 1.82) is 0 Å². The van der Waals surface area contributed by atoms with Gasteiger partial charge in [0.25, 0.3) is 0 Å². The lowest BCUT2D eigenvalue weighted by molar-refractivity contribution is 0.0221. The SMILES string of the molecule is COCCc1noc([C@@H]2CCCN(C3CCOCC3)C2)n1. The van der Waals surface area contributed by atoms with Crippen LogP contribution < -0.4 is 0 Å². The van der Waals surface area contributed by atoms with Crippen molar-refractivity contribution in [2.75, 3.05) is 40.0 Å². The molecule has 6 nitrogen and oxygen atoms in total. The molecule has 3 heterocycles. The Morgan fingerprint density at radius 3 is 2.95 bits per heavy atom. The molecule has 0 aromatic carbocycles. The molecular weight excluding hydrogens is 270 g/mol. The summed E-state index contributed by atoms with van der Waals surface area (Å²) in [5.74, 6) is 1.94. The summed E-state index contributed by atoms with van der Waals surface area (Å²) >= 11 is 0. The van der Waals surface area contributed by atoms with E-state index in [0.717, 1.165) is 57.2 Å². The van der Waals surface area contributed by atoms with Crippen LogP contribution in [0.3, 0.4) is 0 Å². The molecule has 1 aromatic heterocycles. The van der Waals surface area contributed by atoms with E-state index in [9.17, 15) is 0 Å². The maximum Gasteiger partial charge on any atom is 0.231 e. The van der Waals surface area contributed by atoms with Crippen molar-refractivity contribution >= 4 is 0 Å². The molecule has 1 aromatic rings. The van der Waals surface area contributed by atoms with Gasteiger partial charge in [-0.1, -0.05) is 5.16 Å². The number of likely N-dealkylation sites (tertiary alicyclic amines) is 1. The van der Waals surface area contributed by atoms with Gasteiger partial charge in [0.05, 0.1) is 12.5 Å². The summed E-state index contributed by atoms with van der Waals surface area (Å²) in [5.41, 5.74) is 0. The van der Waals surface area contributed by atoms with E-state index < -0.39 is 0 Å². The molecule has 0 radical (unpaired) electrons. The molecule has 0 saturated carbocycles. The minimum absolute atomic E-state index is 0.380. The van der Waals surface area contributed by atoms with Gasteiger partial charge in [-0.3, -0.25) is 4.90 Å². The third-order valence-corrected chi connectivity index (χ3v) is 4.52. The van der Waals surface area contributed by atoms with Gasteiger partial charge in [-0.2, -0.15) is 4.98 Å². The number of hydrogen-bond acceptors (Lipinski definition) is 6. The highest BCUT2D eigenvalue weighted by molar-refractivity contribution is 4.98. The van der Waals surface area contributed by atoms with Crippen LogP contribution in [0.25, 0.3) is 0 Å². The van der Waals surface area contributed by atoms with Gasteiger partial charge in [0, 0.05) is 39.3 Å². The highest BCUT2D eigenvalue weighted by atomic mass is 16.5. The average Bonchev–Trinajstić information content (AvgIpc) is 3.03. The normalized spacial score (nSPS) is 25.3. The smallest absolute Gasteiger partial charge is 0.231 e. The first-order chi connectivity index (χ1) is 10.4. The largest absolute Gasteiger partial charge is 0.384 e. The van der Waals surface area contributed by atoms with Gasteiger partial charge < -0.3 is 14.0 Å². The fourth-order valence-corrected chi connectivity index (χ4v) is 3.32. The molecule has 118 valence electrons. The molecule has 0 unspecified atom stereocenters. The van der Waals surface area contributed by atoms with Crippen molar-refractivity contribution in [3.8, 4) is 0 Å². The van der Waals surface area contributed by atoms with Crippen LogP contribution in [-0.4, -0.2) is 61.1 Å². The van der Waals surface area contributed by atoms with Gasteiger partial charge in [0.15, 0.2) is 5.82 Å². The van der Waals surface area contributed by atoms with Crippen molar-refractivity contribution in [3.63, 3.8) is 0 Å². The van der Waals surface area contributed by atoms with E-state index in [1.165, 1.54) is 13.0 Å². The van der Waals surface area contributed by atoms with Crippen molar-refractivity contribution in [2.24, 2.45) is 0 Å². The van der Waals surface area contributed by atoms with Gasteiger partial charge in [-0.25, -0.2) is 0 Å². The molecule has 1 atom stereocenters. The predicted molar refractivity (Wildman–Crippen MR) is 77.3 cm³/mol. The number of piperidine rings is 1. The summed E-state index contributed by atoms with van der Waals surface area (Å²) in [6.45, 7) is 4.65. The van der Waals surface area contributed by atoms with Crippen LogP contribution in [0, 0.1) is 0 Å². The quantitative estimate of drug-likeness (QED) is 0.822. The van der Waals surface area contributed by atoms with Crippen LogP contribution in [-0.2, 0) is 15.9 Å². The van der Waals surface area contributed by atoms with Crippen molar-refractivity contribution in [2.45, 2.75) is 44.1 Å². The molecule has 2 aliphatic heterocycles. The minimum Gasteiger partial charge on any atom is -0.384 e. The van der Waals surface area contributed by atoms with Gasteiger partial charge in [0.1, 0.15) is 0 Å². The monoisotopic (exact) mass is 295 g/mol. The number of hydrogen-bond donors (Lipinski definition) is 0. The summed E-state index contributed by atoms with van der Waals surface area (Å²) in [6, 6.07) is 0.664. The zero-order chi connectivity index (χ0) is 14.5. The number of methoxy groups -OCH3 is 1. The Hall–Kier alpha value is -0.980. The molecule has 21 heavy (non-hydrogen) atoms. The Morgan fingerprint density at radius 2 is 2.14 bits per heavy atom. The number of ether oxygens (including phenoxy) is 2. The van der Waals surface area contributed by atoms with Gasteiger partial charge >= 0.3 is 0 Å². The first kappa shape index (κ1) is 14.9. The molecule has 0 N–H and O–H groups in total. The Kier molecular flexibility index (Phi) is 5.22. The minimum atomic E-state index is 0.380. The van der Waals surface area contributed by atoms with Gasteiger partial charge in [-0.15, -0.1) is 0 Å². The summed E-state index contributed by atoms with van der Waals surface area (Å²) in [6.07, 6.45) is 5.37. The lowest BCUT2D eigenvalue weighted by Crippen LogP contribution is -2.44. The summed E-state index contributed by atoms with van der Waals surface area (Å²) in [4.78, 5) is 7.13. The summed E-state index contributed by atoms with van der Waals surface area (Å²) in [7, 11) is 1.69. The van der Waals surface area contributed by atoms with E-state index in [4.69, 9.17) is 14.0 Å². The summed E-state index contributed by atoms with van der Waals surface area (Å²) < 4.78 is 16.0. The molecule has 6 heteroatoms. The molecule has 0 bridgehead atoms. The van der Waals surface area contributed by atoms with Crippen LogP contribution in [0.2, 0.25) is 0 Å². The van der Waals surface area contributed by atoms with E-state index in [0.29, 0.717) is 18.6 Å². The fourth-order valence-electron chi connectivity index (χ4n) is 3.32. The van der Waals surface area contributed by atoms with Crippen LogP contribution in [0.5, 0.6) is 0 Å². The Bertz CT molecular complexity index is 432. The zero-order valence-electron chi connectivity index (χ0n) is 12.8. The van der Waals surface area contributed by atoms with E-state index >= 15 is 0 Å². The van der Waals surface area contributed by atoms with Crippen molar-refractivity contribution in [3.05, 3.63) is 11.7 Å². The molecule has 0 amide bonds. The van der Waals surface area contributed by atoms with E-state index in [1.807, 2.05) is 0 Å². The van der Waals surface area contributed by atoms with E-state index in [-0.39, 0.29) is 0 Å². The van der Waals surface area contributed by atoms with E-state index in [1.54, 1.807) is 7.11 Å². The third kappa shape index (κ3) is 3.81. The van der Waals surface area contributed by atoms with Gasteiger partial charge in [-0.05, 0) is 32.2 Å². The third-order valence-electron chi connectivity index (χ3n) is 4.52. The standard InChI is InChI=1S/C15H25N3O3/c1-19-8-6-14-16-15(21-17-14)12-3-2-7-18(11-12)13-4-9-20-10-5-13/h12-13H,2-11H2,1H3/t12-/m1/s1. The topological polar surface area (TPSA) is 60.6 Å². The number of nitrogens with zero attached hydrogens (tertiary/aromatic N) is 3. The van der Waals surface area contributed by atoms with Crippen LogP contribution in [0.1, 0.15) is 43.3 Å². The van der Waals surface area contributed by atoms with Gasteiger partial charge in [0.2, 0.25) is 5.89 Å². The lowest BCUT2D eigenvalue weighted by Gasteiger charge is -2.38. The molecule has 3 rings (SSSR count). The van der Waals surface area contributed by atoms with Crippen molar-refractivity contribution < 1.29 is 14.0 Å². The van der Waals surface area contributed by atoms with Crippen LogP contribution in [0.4, 0.5) is 0 Å². The molecule has 2 aliphatic rings. The second-order valence-electron chi connectivity index (χ2n) is 5.97. The predicted octanol–water partition coefficient (Wildman–Crippen LogP) is 1.62. The number of aromatic nitrogens is 2. The first-order valence-electron chi connectivity index (χ1n) is 8.00. The second-order valence-corrected chi connectivity index (χ2v) is 5.97. The maximum atomic E-state index is 5.47. The Balaban J connectivity index is 1.58. The zero-order valence-corrected chi connectivity index (χ0v) is 12.8. The molecular formula is C15H25N3O3. The van der Waals surface area contributed by atoms with E-state index in [2.05, 4.69) is 15.0 Å². The lowest BCUT2D eigenvalue weighted by atomic mass is 9.95. The average molecular weight is 295 g/mol. The summed E-state index contributed by atoms with van der Waals surface area (Å²) in [5, 5.41) is 4.06. The first-order valence-corrected chi connectivity index (χ1v) is 8.00. The van der Waals surface area contributed by atoms with Crippen LogP contribution in [0.15, 0.2) is 4.52 Å². The molecule has 2 fully saturated rings. The Morgan fingerprint density at radius 1 is 1.29 bits per heavy atom. The Labute approximate surface area is 125 Å². The molecule has 2 saturated heterocycles. The van der Waals surface area contributed by atoms with Crippen molar-refractivity contribution in [1.82, 2.24) is 15.0 Å². The van der Waals surface area contributed by atoms with Crippen LogP contribution >= 0.6 is 0 Å². The molecule has 0 aliphatic carbocycles.